The molecule has 0 fully saturated rings. The summed E-state index contributed by atoms with van der Waals surface area (Å²) in [6.45, 7) is 0. The van der Waals surface area contributed by atoms with Gasteiger partial charge in [-0.1, -0.05) is 42.5 Å². The molecule has 0 saturated carbocycles. The Bertz CT molecular complexity index is 996. The minimum atomic E-state index is -0.194. The highest BCUT2D eigenvalue weighted by molar-refractivity contribution is 5.57. The smallest absolute Gasteiger partial charge is 0.134 e. The summed E-state index contributed by atoms with van der Waals surface area (Å²) < 4.78 is 8.01. The average Bonchev–Trinajstić information content (AvgIpc) is 3.36. The molecule has 2 aromatic heterocycles. The molecule has 0 radical (unpaired) electrons. The van der Waals surface area contributed by atoms with Crippen molar-refractivity contribution in [1.82, 2.24) is 14.8 Å². The van der Waals surface area contributed by atoms with Crippen molar-refractivity contribution in [3.63, 3.8) is 0 Å². The summed E-state index contributed by atoms with van der Waals surface area (Å²) in [6.07, 6.45) is 3.32. The molecule has 0 aliphatic rings. The Kier molecular flexibility index (Phi) is 3.85. The molecule has 0 aliphatic carbocycles. The predicted molar refractivity (Wildman–Crippen MR) is 92.6 cm³/mol. The van der Waals surface area contributed by atoms with Crippen LogP contribution in [0.25, 0.3) is 11.3 Å². The Morgan fingerprint density at radius 2 is 1.60 bits per heavy atom. The van der Waals surface area contributed by atoms with Gasteiger partial charge in [0, 0.05) is 5.56 Å². The van der Waals surface area contributed by atoms with Crippen molar-refractivity contribution in [2.75, 3.05) is 0 Å². The summed E-state index contributed by atoms with van der Waals surface area (Å²) in [6, 6.07) is 23.3. The van der Waals surface area contributed by atoms with Crippen LogP contribution in [0, 0.1) is 11.3 Å². The zero-order valence-electron chi connectivity index (χ0n) is 13.3. The highest BCUT2D eigenvalue weighted by Gasteiger charge is 2.20. The molecular weight excluding hydrogens is 312 g/mol. The minimum Gasteiger partial charge on any atom is -0.459 e. The quantitative estimate of drug-likeness (QED) is 0.567. The number of nitrogens with zero attached hydrogens (tertiary/aromatic N) is 4. The molecule has 4 rings (SSSR count). The van der Waals surface area contributed by atoms with Gasteiger partial charge in [-0.15, -0.1) is 10.2 Å². The lowest BCUT2D eigenvalue weighted by Gasteiger charge is -2.16. The molecule has 4 aromatic rings. The second kappa shape index (κ2) is 6.46. The van der Waals surface area contributed by atoms with Crippen LogP contribution in [0.2, 0.25) is 0 Å². The van der Waals surface area contributed by atoms with Crippen molar-refractivity contribution in [2.45, 2.75) is 6.04 Å². The molecule has 2 aromatic carbocycles. The fourth-order valence-corrected chi connectivity index (χ4v) is 2.82. The van der Waals surface area contributed by atoms with Crippen LogP contribution in [0.4, 0.5) is 0 Å². The number of benzene rings is 2. The van der Waals surface area contributed by atoms with Crippen LogP contribution in [0.1, 0.15) is 22.9 Å². The Hall–Kier alpha value is -3.65. The summed E-state index contributed by atoms with van der Waals surface area (Å²) >= 11 is 0. The van der Waals surface area contributed by atoms with Crippen LogP contribution in [0.15, 0.2) is 83.8 Å². The van der Waals surface area contributed by atoms with Gasteiger partial charge < -0.3 is 8.98 Å². The van der Waals surface area contributed by atoms with Crippen LogP contribution in [-0.2, 0) is 0 Å². The van der Waals surface area contributed by atoms with Crippen LogP contribution in [0.5, 0.6) is 0 Å². The van der Waals surface area contributed by atoms with Gasteiger partial charge in [0.2, 0.25) is 0 Å². The topological polar surface area (TPSA) is 67.6 Å². The van der Waals surface area contributed by atoms with Crippen molar-refractivity contribution in [2.24, 2.45) is 0 Å². The van der Waals surface area contributed by atoms with E-state index < -0.39 is 0 Å². The molecule has 0 bridgehead atoms. The number of nitriles is 1. The lowest BCUT2D eigenvalue weighted by atomic mass is 10.0. The summed E-state index contributed by atoms with van der Waals surface area (Å²) in [5.74, 6) is 1.59. The average molecular weight is 326 g/mol. The Morgan fingerprint density at radius 3 is 2.28 bits per heavy atom. The van der Waals surface area contributed by atoms with Crippen molar-refractivity contribution in [3.05, 3.63) is 96.3 Å². The van der Waals surface area contributed by atoms with Gasteiger partial charge in [-0.25, -0.2) is 0 Å². The molecule has 0 saturated heterocycles. The maximum absolute atomic E-state index is 9.00. The third-order valence-corrected chi connectivity index (χ3v) is 4.04. The second-order valence-electron chi connectivity index (χ2n) is 5.61. The molecule has 25 heavy (non-hydrogen) atoms. The van der Waals surface area contributed by atoms with Crippen LogP contribution in [-0.4, -0.2) is 14.8 Å². The first kappa shape index (κ1) is 14.9. The fraction of sp³-hybridized carbons (Fsp3) is 0.0500. The highest BCUT2D eigenvalue weighted by Crippen LogP contribution is 2.31. The molecule has 5 heteroatoms. The van der Waals surface area contributed by atoms with Gasteiger partial charge >= 0.3 is 0 Å². The van der Waals surface area contributed by atoms with E-state index in [1.54, 1.807) is 24.8 Å². The Balaban J connectivity index is 1.77. The van der Waals surface area contributed by atoms with E-state index in [-0.39, 0.29) is 6.04 Å². The standard InChI is InChI=1S/C20H14N4O/c21-12-15-6-8-17(9-7-15)20(24-13-22-23-14-24)19-11-10-18(25-19)16-4-2-1-3-5-16/h1-11,13-14,20H. The predicted octanol–water partition coefficient (Wildman–Crippen LogP) is 4.05. The Labute approximate surface area is 144 Å². The number of hydrogen-bond donors (Lipinski definition) is 0. The van der Waals surface area contributed by atoms with Gasteiger partial charge in [-0.3, -0.25) is 0 Å². The molecule has 0 amide bonds. The summed E-state index contributed by atoms with van der Waals surface area (Å²) in [7, 11) is 0. The van der Waals surface area contributed by atoms with Crippen LogP contribution in [0.3, 0.4) is 0 Å². The molecule has 120 valence electrons. The zero-order valence-corrected chi connectivity index (χ0v) is 13.3. The fourth-order valence-electron chi connectivity index (χ4n) is 2.82. The van der Waals surface area contributed by atoms with Crippen LogP contribution < -0.4 is 0 Å². The third-order valence-electron chi connectivity index (χ3n) is 4.04. The second-order valence-corrected chi connectivity index (χ2v) is 5.61. The van der Waals surface area contributed by atoms with Gasteiger partial charge in [0.25, 0.3) is 0 Å². The molecule has 2 heterocycles. The Morgan fingerprint density at radius 1 is 0.880 bits per heavy atom. The summed E-state index contributed by atoms with van der Waals surface area (Å²) in [5.41, 5.74) is 2.64. The number of rotatable bonds is 4. The van der Waals surface area contributed by atoms with Crippen LogP contribution >= 0.6 is 0 Å². The summed E-state index contributed by atoms with van der Waals surface area (Å²) in [4.78, 5) is 0. The maximum atomic E-state index is 9.00. The third kappa shape index (κ3) is 2.93. The van der Waals surface area contributed by atoms with E-state index in [1.807, 2.05) is 59.2 Å². The molecule has 1 atom stereocenters. The molecule has 0 spiro atoms. The van der Waals surface area contributed by atoms with E-state index >= 15 is 0 Å². The monoisotopic (exact) mass is 326 g/mol. The van der Waals surface area contributed by atoms with E-state index in [0.29, 0.717) is 5.56 Å². The summed E-state index contributed by atoms with van der Waals surface area (Å²) in [5, 5.41) is 16.8. The van der Waals surface area contributed by atoms with Crippen molar-refractivity contribution in [1.29, 1.82) is 5.26 Å². The van der Waals surface area contributed by atoms with E-state index in [4.69, 9.17) is 9.68 Å². The first-order chi connectivity index (χ1) is 12.3. The molecule has 0 aliphatic heterocycles. The number of furan rings is 1. The van der Waals surface area contributed by atoms with Gasteiger partial charge in [0.05, 0.1) is 11.6 Å². The van der Waals surface area contributed by atoms with Gasteiger partial charge in [0.1, 0.15) is 30.2 Å². The van der Waals surface area contributed by atoms with E-state index in [1.165, 1.54) is 0 Å². The number of hydrogen-bond acceptors (Lipinski definition) is 4. The first-order valence-corrected chi connectivity index (χ1v) is 7.84. The van der Waals surface area contributed by atoms with Crippen molar-refractivity contribution in [3.8, 4) is 17.4 Å². The minimum absolute atomic E-state index is 0.194. The SMILES string of the molecule is N#Cc1ccc(C(c2ccc(-c3ccccc3)o2)n2cnnc2)cc1. The molecular formula is C20H14N4O. The van der Waals surface area contributed by atoms with Gasteiger partial charge in [0.15, 0.2) is 0 Å². The molecule has 1 unspecified atom stereocenters. The maximum Gasteiger partial charge on any atom is 0.134 e. The highest BCUT2D eigenvalue weighted by atomic mass is 16.3. The lowest BCUT2D eigenvalue weighted by Crippen LogP contribution is -2.09. The van der Waals surface area contributed by atoms with Crippen molar-refractivity contribution < 1.29 is 4.42 Å². The molecule has 0 N–H and O–H groups in total. The normalized spacial score (nSPS) is 11.8. The largest absolute Gasteiger partial charge is 0.459 e. The van der Waals surface area contributed by atoms with Crippen molar-refractivity contribution >= 4 is 0 Å². The van der Waals surface area contributed by atoms with Gasteiger partial charge in [-0.2, -0.15) is 5.26 Å². The molecule has 5 nitrogen and oxygen atoms in total. The number of aromatic nitrogens is 3. The zero-order chi connectivity index (χ0) is 17.1. The lowest BCUT2D eigenvalue weighted by molar-refractivity contribution is 0.469. The van der Waals surface area contributed by atoms with E-state index in [0.717, 1.165) is 22.6 Å². The van der Waals surface area contributed by atoms with E-state index in [9.17, 15) is 0 Å². The van der Waals surface area contributed by atoms with E-state index in [2.05, 4.69) is 16.3 Å². The van der Waals surface area contributed by atoms with Gasteiger partial charge in [-0.05, 0) is 29.8 Å². The first-order valence-electron chi connectivity index (χ1n) is 7.84.